The quantitative estimate of drug-likeness (QED) is 0.848. The predicted molar refractivity (Wildman–Crippen MR) is 82.0 cm³/mol. The molecule has 1 aliphatic carbocycles. The molecule has 1 aliphatic rings. The van der Waals surface area contributed by atoms with Gasteiger partial charge in [-0.3, -0.25) is 0 Å². The highest BCUT2D eigenvalue weighted by Gasteiger charge is 2.51. The van der Waals surface area contributed by atoms with Gasteiger partial charge < -0.3 is 10.1 Å². The number of rotatable bonds is 5. The third kappa shape index (κ3) is 2.75. The number of benzene rings is 1. The molecule has 1 saturated carbocycles. The monoisotopic (exact) mass is 281 g/mol. The van der Waals surface area contributed by atoms with Gasteiger partial charge in [0.1, 0.15) is 0 Å². The molecule has 2 rings (SSSR count). The van der Waals surface area contributed by atoms with Crippen molar-refractivity contribution < 1.29 is 4.74 Å². The topological polar surface area (TPSA) is 21.3 Å². The minimum absolute atomic E-state index is 0.213. The number of halogens is 1. The van der Waals surface area contributed by atoms with Crippen molar-refractivity contribution in [2.75, 3.05) is 11.9 Å². The number of anilines is 1. The first-order valence-electron chi connectivity index (χ1n) is 7.15. The first-order chi connectivity index (χ1) is 9.01. The number of hydrogen-bond donors (Lipinski definition) is 1. The van der Waals surface area contributed by atoms with Gasteiger partial charge in [0.25, 0.3) is 0 Å². The molecule has 1 N–H and O–H groups in total. The zero-order chi connectivity index (χ0) is 14.0. The van der Waals surface area contributed by atoms with Crippen LogP contribution in [-0.2, 0) is 4.74 Å². The van der Waals surface area contributed by atoms with Crippen molar-refractivity contribution in [1.29, 1.82) is 0 Å². The summed E-state index contributed by atoms with van der Waals surface area (Å²) >= 11 is 6.08. The van der Waals surface area contributed by atoms with Crippen molar-refractivity contribution in [3.8, 4) is 0 Å². The van der Waals surface area contributed by atoms with E-state index in [0.29, 0.717) is 12.1 Å². The SMILES string of the molecule is CCOC1CC(Nc2cc(Cl)ccc2C)C1(C)CC. The summed E-state index contributed by atoms with van der Waals surface area (Å²) < 4.78 is 5.84. The molecule has 1 fully saturated rings. The molecule has 3 unspecified atom stereocenters. The van der Waals surface area contributed by atoms with Crippen LogP contribution in [0.1, 0.15) is 39.2 Å². The van der Waals surface area contributed by atoms with E-state index in [2.05, 4.69) is 39.1 Å². The van der Waals surface area contributed by atoms with Crippen LogP contribution in [0.5, 0.6) is 0 Å². The third-order valence-corrected chi connectivity index (χ3v) is 4.88. The lowest BCUT2D eigenvalue weighted by molar-refractivity contribution is -0.109. The molecule has 0 radical (unpaired) electrons. The third-order valence-electron chi connectivity index (χ3n) is 4.64. The molecule has 0 aromatic heterocycles. The zero-order valence-corrected chi connectivity index (χ0v) is 13.1. The summed E-state index contributed by atoms with van der Waals surface area (Å²) in [7, 11) is 0. The second-order valence-electron chi connectivity index (χ2n) is 5.70. The molecule has 1 aromatic rings. The molecule has 0 heterocycles. The van der Waals surface area contributed by atoms with Crippen LogP contribution in [0.4, 0.5) is 5.69 Å². The number of hydrogen-bond acceptors (Lipinski definition) is 2. The summed E-state index contributed by atoms with van der Waals surface area (Å²) in [6, 6.07) is 6.48. The number of nitrogens with one attached hydrogen (secondary N) is 1. The van der Waals surface area contributed by atoms with E-state index in [0.717, 1.165) is 30.2 Å². The van der Waals surface area contributed by atoms with E-state index in [1.54, 1.807) is 0 Å². The molecular formula is C16H24ClNO. The minimum Gasteiger partial charge on any atom is -0.381 e. The first kappa shape index (κ1) is 14.7. The van der Waals surface area contributed by atoms with E-state index in [1.165, 1.54) is 5.56 Å². The van der Waals surface area contributed by atoms with Gasteiger partial charge in [-0.05, 0) is 44.4 Å². The van der Waals surface area contributed by atoms with Crippen molar-refractivity contribution in [2.45, 2.75) is 52.7 Å². The Hall–Kier alpha value is -0.730. The van der Waals surface area contributed by atoms with Crippen molar-refractivity contribution in [2.24, 2.45) is 5.41 Å². The van der Waals surface area contributed by atoms with E-state index in [-0.39, 0.29) is 5.41 Å². The smallest absolute Gasteiger partial charge is 0.0667 e. The lowest BCUT2D eigenvalue weighted by atomic mass is 9.61. The highest BCUT2D eigenvalue weighted by atomic mass is 35.5. The van der Waals surface area contributed by atoms with Gasteiger partial charge in [0, 0.05) is 28.8 Å². The Kier molecular flexibility index (Phi) is 4.42. The van der Waals surface area contributed by atoms with E-state index in [9.17, 15) is 0 Å². The van der Waals surface area contributed by atoms with Crippen LogP contribution in [0.2, 0.25) is 5.02 Å². The van der Waals surface area contributed by atoms with Crippen molar-refractivity contribution in [3.05, 3.63) is 28.8 Å². The molecule has 2 nitrogen and oxygen atoms in total. The fourth-order valence-electron chi connectivity index (χ4n) is 2.91. The molecule has 0 spiro atoms. The standard InChI is InChI=1S/C16H24ClNO/c1-5-16(4)14(10-15(16)19-6-2)18-13-9-12(17)8-7-11(13)3/h7-9,14-15,18H,5-6,10H2,1-4H3. The van der Waals surface area contributed by atoms with Crippen LogP contribution >= 0.6 is 11.6 Å². The average molecular weight is 282 g/mol. The lowest BCUT2D eigenvalue weighted by Crippen LogP contribution is -2.59. The largest absolute Gasteiger partial charge is 0.381 e. The Morgan fingerprint density at radius 3 is 2.79 bits per heavy atom. The van der Waals surface area contributed by atoms with Crippen LogP contribution in [0.25, 0.3) is 0 Å². The van der Waals surface area contributed by atoms with Crippen LogP contribution in [0.3, 0.4) is 0 Å². The Morgan fingerprint density at radius 2 is 2.16 bits per heavy atom. The summed E-state index contributed by atoms with van der Waals surface area (Å²) in [4.78, 5) is 0. The molecule has 3 atom stereocenters. The lowest BCUT2D eigenvalue weighted by Gasteiger charge is -2.54. The first-order valence-corrected chi connectivity index (χ1v) is 7.53. The Balaban J connectivity index is 2.10. The van der Waals surface area contributed by atoms with Gasteiger partial charge in [-0.15, -0.1) is 0 Å². The zero-order valence-electron chi connectivity index (χ0n) is 12.3. The van der Waals surface area contributed by atoms with Gasteiger partial charge in [0.15, 0.2) is 0 Å². The molecular weight excluding hydrogens is 258 g/mol. The van der Waals surface area contributed by atoms with E-state index < -0.39 is 0 Å². The molecule has 0 aliphatic heterocycles. The van der Waals surface area contributed by atoms with Gasteiger partial charge in [-0.1, -0.05) is 31.5 Å². The van der Waals surface area contributed by atoms with Crippen LogP contribution in [-0.4, -0.2) is 18.8 Å². The predicted octanol–water partition coefficient (Wildman–Crippen LogP) is 4.65. The second kappa shape index (κ2) is 5.72. The van der Waals surface area contributed by atoms with E-state index in [4.69, 9.17) is 16.3 Å². The second-order valence-corrected chi connectivity index (χ2v) is 6.13. The summed E-state index contributed by atoms with van der Waals surface area (Å²) in [6.45, 7) is 9.53. The molecule has 1 aromatic carbocycles. The van der Waals surface area contributed by atoms with Gasteiger partial charge in [0.2, 0.25) is 0 Å². The fraction of sp³-hybridized carbons (Fsp3) is 0.625. The van der Waals surface area contributed by atoms with Gasteiger partial charge in [-0.25, -0.2) is 0 Å². The summed E-state index contributed by atoms with van der Waals surface area (Å²) in [5.41, 5.74) is 2.60. The van der Waals surface area contributed by atoms with Crippen LogP contribution in [0, 0.1) is 12.3 Å². The van der Waals surface area contributed by atoms with Gasteiger partial charge in [0.05, 0.1) is 6.10 Å². The summed E-state index contributed by atoms with van der Waals surface area (Å²) in [5, 5.41) is 4.44. The highest BCUT2D eigenvalue weighted by Crippen LogP contribution is 2.47. The van der Waals surface area contributed by atoms with Crippen molar-refractivity contribution >= 4 is 17.3 Å². The minimum atomic E-state index is 0.213. The van der Waals surface area contributed by atoms with Gasteiger partial charge >= 0.3 is 0 Å². The van der Waals surface area contributed by atoms with Crippen molar-refractivity contribution in [1.82, 2.24) is 0 Å². The molecule has 106 valence electrons. The normalized spacial score (nSPS) is 29.9. The van der Waals surface area contributed by atoms with Crippen molar-refractivity contribution in [3.63, 3.8) is 0 Å². The summed E-state index contributed by atoms with van der Waals surface area (Å²) in [5.74, 6) is 0. The fourth-order valence-corrected chi connectivity index (χ4v) is 3.08. The van der Waals surface area contributed by atoms with Crippen LogP contribution in [0.15, 0.2) is 18.2 Å². The maximum atomic E-state index is 6.08. The highest BCUT2D eigenvalue weighted by molar-refractivity contribution is 6.30. The number of aryl methyl sites for hydroxylation is 1. The Bertz CT molecular complexity index is 448. The Labute approximate surface area is 121 Å². The molecule has 0 saturated heterocycles. The maximum absolute atomic E-state index is 6.08. The average Bonchev–Trinajstić information content (AvgIpc) is 2.40. The molecule has 0 amide bonds. The summed E-state index contributed by atoms with van der Waals surface area (Å²) in [6.07, 6.45) is 2.57. The molecule has 3 heteroatoms. The number of ether oxygens (including phenoxy) is 1. The molecule has 19 heavy (non-hydrogen) atoms. The van der Waals surface area contributed by atoms with Crippen LogP contribution < -0.4 is 5.32 Å². The van der Waals surface area contributed by atoms with E-state index in [1.807, 2.05) is 12.1 Å². The molecule has 0 bridgehead atoms. The maximum Gasteiger partial charge on any atom is 0.0667 e. The van der Waals surface area contributed by atoms with Gasteiger partial charge in [-0.2, -0.15) is 0 Å². The Morgan fingerprint density at radius 1 is 1.42 bits per heavy atom. The van der Waals surface area contributed by atoms with E-state index >= 15 is 0 Å².